The Morgan fingerprint density at radius 1 is 0.440 bits per heavy atom. The standard InChI is InChI=1S/C23H27N3O5.C22H22N4O6S.C21H23N3O5.C20H25N3O6S2.CH4/c1-6-15(17-10-13(11-31-17)12(2)3)24-18-19(22(29)21(18)28)25-16-9-7-8-14(20(16)27)23(30)26(4)5;1-5-12(14-7-6-10(2)31-14)23-16-17(20(29)19(16)28)24-13-9-33-21(18(13)27)22(30)26(4)15-8-11(3)32-25-15;1-5-13(15-9-11(2)10-29-15)22-16-17(20(27)19(16)26)23-14-8-6-7-12(18(14)25)21(28)24(3)4;1-6-12(14-7-11(8-29-14)10(2)3)21-15-16(19(26)18(15)25)22-13-9-30-20(17(13)24)31(27,28)23(4)5;/h7-12,15,24-25,27H,6H2,1-5H3;6-9,12,23-24,27H,5H2,1-4H3;6-10,13,22-23,25H,5H2,1-4H3;7-10,12,21-22,24H,6H2,1-5H3;1H4/t15-;12-;13-;12-;/m1111./s1. The molecule has 664 valence electrons. The number of para-hydroxylation sites is 2. The number of aromatic hydroxyl groups is 4. The van der Waals surface area contributed by atoms with Gasteiger partial charge in [-0.3, -0.25) is 57.6 Å². The van der Waals surface area contributed by atoms with Crippen LogP contribution in [0.3, 0.4) is 0 Å². The van der Waals surface area contributed by atoms with Crippen LogP contribution in [0, 0.1) is 20.8 Å². The van der Waals surface area contributed by atoms with Gasteiger partial charge in [0.1, 0.15) is 84.9 Å². The molecule has 0 aliphatic heterocycles. The summed E-state index contributed by atoms with van der Waals surface area (Å²) in [6.45, 7) is 21.3. The van der Waals surface area contributed by atoms with Crippen molar-refractivity contribution in [3.63, 3.8) is 0 Å². The molecule has 7 aromatic heterocycles. The van der Waals surface area contributed by atoms with E-state index in [1.165, 1.54) is 70.9 Å². The molecule has 0 aliphatic carbocycles. The number of thiophene rings is 2. The number of aromatic nitrogens is 1. The molecule has 3 amide bonds. The number of aryl methyl sites for hydroxylation is 3. The normalized spacial score (nSPS) is 12.3. The fourth-order valence-corrected chi connectivity index (χ4v) is 15.8. The number of carbonyl (C=O) groups excluding carboxylic acids is 3. The van der Waals surface area contributed by atoms with Crippen LogP contribution in [0.1, 0.15) is 206 Å². The molecule has 0 unspecified atom stereocenters. The quantitative estimate of drug-likeness (QED) is 0.0138. The third-order valence-electron chi connectivity index (χ3n) is 20.1. The molecule has 0 fully saturated rings. The zero-order chi connectivity index (χ0) is 91.1. The summed E-state index contributed by atoms with van der Waals surface area (Å²) in [5.74, 6) is 2.10. The molecule has 0 aliphatic rings. The largest absolute Gasteiger partial charge is 0.505 e. The average molecular weight is 1780 g/mol. The van der Waals surface area contributed by atoms with E-state index in [4.69, 9.17) is 22.2 Å². The molecular weight excluding hydrogens is 1680 g/mol. The lowest BCUT2D eigenvalue weighted by Gasteiger charge is -2.21. The predicted octanol–water partition coefficient (Wildman–Crippen LogP) is 14.4. The lowest BCUT2D eigenvalue weighted by molar-refractivity contribution is 0.0817. The summed E-state index contributed by atoms with van der Waals surface area (Å²) in [7, 11) is 6.65. The Morgan fingerprint density at radius 3 is 1.14 bits per heavy atom. The van der Waals surface area contributed by atoms with Crippen molar-refractivity contribution in [2.24, 2.45) is 0 Å². The number of nitrogens with one attached hydrogen (secondary N) is 8. The van der Waals surface area contributed by atoms with Crippen LogP contribution in [0.15, 0.2) is 167 Å². The van der Waals surface area contributed by atoms with Crippen LogP contribution in [-0.2, 0) is 10.0 Å². The lowest BCUT2D eigenvalue weighted by Crippen LogP contribution is -2.37. The van der Waals surface area contributed by atoms with Gasteiger partial charge in [-0.2, -0.15) is 0 Å². The van der Waals surface area contributed by atoms with E-state index in [1.807, 2.05) is 85.7 Å². The molecule has 7 heterocycles. The van der Waals surface area contributed by atoms with Crippen molar-refractivity contribution < 1.29 is 65.4 Å². The Labute approximate surface area is 725 Å². The topological polar surface area (TPSA) is 491 Å². The number of phenolic OH excluding ortho intramolecular Hbond substituents is 2. The average Bonchev–Trinajstić information content (AvgIpc) is 1.60. The lowest BCUT2D eigenvalue weighted by atomic mass is 10.0. The van der Waals surface area contributed by atoms with E-state index in [2.05, 4.69) is 61.5 Å². The zero-order valence-electron chi connectivity index (χ0n) is 71.2. The number of furan rings is 4. The van der Waals surface area contributed by atoms with E-state index >= 15 is 0 Å². The zero-order valence-corrected chi connectivity index (χ0v) is 73.7. The molecule has 0 radical (unpaired) electrons. The van der Waals surface area contributed by atoms with Gasteiger partial charge in [0.25, 0.3) is 71.2 Å². The monoisotopic (exact) mass is 1780 g/mol. The summed E-state index contributed by atoms with van der Waals surface area (Å²) < 4.78 is 52.7. The smallest absolute Gasteiger partial charge is 0.273 e. The molecule has 125 heavy (non-hydrogen) atoms. The van der Waals surface area contributed by atoms with E-state index in [0.29, 0.717) is 66.2 Å². The first-order chi connectivity index (χ1) is 58.6. The van der Waals surface area contributed by atoms with Gasteiger partial charge in [0.05, 0.1) is 76.8 Å². The van der Waals surface area contributed by atoms with Gasteiger partial charge in [-0.05, 0) is 130 Å². The molecule has 0 bridgehead atoms. The highest BCUT2D eigenvalue weighted by Crippen LogP contribution is 2.44. The van der Waals surface area contributed by atoms with Gasteiger partial charge in [-0.15, -0.1) is 22.7 Å². The van der Waals surface area contributed by atoms with Gasteiger partial charge in [-0.25, -0.2) is 12.7 Å². The van der Waals surface area contributed by atoms with Crippen molar-refractivity contribution in [2.75, 3.05) is 96.8 Å². The van der Waals surface area contributed by atoms with Gasteiger partial charge < -0.3 is 95.0 Å². The summed E-state index contributed by atoms with van der Waals surface area (Å²) in [5, 5.41) is 72.0. The van der Waals surface area contributed by atoms with E-state index in [0.717, 1.165) is 49.4 Å². The SMILES string of the molecule is C.CC[C@@H](Nc1c(Nc2cccc(C(=O)N(C)C)c2O)c(=O)c1=O)c1cc(C(C)C)co1.CC[C@@H](Nc1c(Nc2cccc(C(=O)N(C)C)c2O)c(=O)c1=O)c1cc(C)co1.CC[C@@H](Nc1c(Nc2csc(C(=O)N(C)c3cc(C)on3)c2O)c(=O)c1=O)c1ccc(C)o1.CC[C@@H](Nc1c(Nc2csc(S(=O)(=O)N(C)C)c2O)c(=O)c1=O)c1cc(C(C)C)co1. The summed E-state index contributed by atoms with van der Waals surface area (Å²) in [6, 6.07) is 18.9. The molecule has 0 spiro atoms. The van der Waals surface area contributed by atoms with Crippen molar-refractivity contribution >= 4 is 124 Å². The van der Waals surface area contributed by atoms with E-state index in [-0.39, 0.29) is 155 Å². The highest BCUT2D eigenvalue weighted by molar-refractivity contribution is 7.91. The molecule has 12 N–H and O–H groups in total. The van der Waals surface area contributed by atoms with Crippen LogP contribution in [0.2, 0.25) is 0 Å². The molecule has 0 saturated heterocycles. The third-order valence-corrected chi connectivity index (χ3v) is 24.4. The number of amides is 3. The number of nitrogens with zero attached hydrogens (tertiary/aromatic N) is 5. The number of phenols is 2. The van der Waals surface area contributed by atoms with Crippen molar-refractivity contribution in [3.05, 3.63) is 251 Å². The molecule has 35 nitrogen and oxygen atoms in total. The van der Waals surface area contributed by atoms with Crippen molar-refractivity contribution in [2.45, 2.75) is 149 Å². The summed E-state index contributed by atoms with van der Waals surface area (Å²) in [6.07, 6.45) is 7.44. The minimum atomic E-state index is -3.85. The fraction of sp³-hybridized carbons (Fsp3) is 0.333. The van der Waals surface area contributed by atoms with Crippen LogP contribution >= 0.6 is 22.7 Å². The highest BCUT2D eigenvalue weighted by Gasteiger charge is 2.34. The Hall–Kier alpha value is -13.6. The van der Waals surface area contributed by atoms with E-state index in [9.17, 15) is 81.6 Å². The molecule has 0 saturated carbocycles. The number of sulfonamides is 1. The maximum Gasteiger partial charge on any atom is 0.273 e. The summed E-state index contributed by atoms with van der Waals surface area (Å²) in [4.78, 5) is 139. The first-order valence-corrected chi connectivity index (χ1v) is 42.4. The maximum absolute atomic E-state index is 12.8. The van der Waals surface area contributed by atoms with Gasteiger partial charge in [0.15, 0.2) is 33.0 Å². The molecule has 38 heteroatoms. The first-order valence-electron chi connectivity index (χ1n) is 39.2. The summed E-state index contributed by atoms with van der Waals surface area (Å²) >= 11 is 1.81. The molecule has 4 atom stereocenters. The third kappa shape index (κ3) is 20.2. The van der Waals surface area contributed by atoms with Gasteiger partial charge >= 0.3 is 0 Å². The van der Waals surface area contributed by atoms with Crippen molar-refractivity contribution in [1.29, 1.82) is 0 Å². The van der Waals surface area contributed by atoms with Crippen LogP contribution in [0.5, 0.6) is 23.0 Å². The van der Waals surface area contributed by atoms with Crippen molar-refractivity contribution in [3.8, 4) is 23.0 Å². The number of benzene rings is 2. The number of hydrogen-bond acceptors (Lipinski definition) is 33. The minimum absolute atomic E-state index is 0. The molecular formula is C87H101N13O22S3. The predicted molar refractivity (Wildman–Crippen MR) is 483 cm³/mol. The van der Waals surface area contributed by atoms with E-state index < -0.39 is 65.1 Å². The van der Waals surface area contributed by atoms with Crippen molar-refractivity contribution in [1.82, 2.24) is 19.3 Å². The Kier molecular flexibility index (Phi) is 30.3. The van der Waals surface area contributed by atoms with Gasteiger partial charge in [-0.1, -0.05) is 80.1 Å². The van der Waals surface area contributed by atoms with Crippen LogP contribution < -0.4 is 90.9 Å². The Morgan fingerprint density at radius 2 is 0.808 bits per heavy atom. The van der Waals surface area contributed by atoms with Crippen LogP contribution in [0.4, 0.5) is 74.1 Å². The first kappa shape index (κ1) is 95.2. The Bertz CT molecular complexity index is 6490. The molecule has 6 aromatic carbocycles. The van der Waals surface area contributed by atoms with Crippen LogP contribution in [0.25, 0.3) is 0 Å². The minimum Gasteiger partial charge on any atom is -0.505 e. The number of hydrogen-bond donors (Lipinski definition) is 12. The second kappa shape index (κ2) is 39.7. The highest BCUT2D eigenvalue weighted by atomic mass is 32.2. The number of rotatable bonds is 32. The molecule has 13 aromatic rings. The second-order valence-corrected chi connectivity index (χ2v) is 34.4. The van der Waals surface area contributed by atoms with Gasteiger partial charge in [0.2, 0.25) is 0 Å². The van der Waals surface area contributed by atoms with E-state index in [1.54, 1.807) is 72.1 Å². The Balaban J connectivity index is 0.000000188. The summed E-state index contributed by atoms with van der Waals surface area (Å²) in [5.41, 5.74) is -1.26. The van der Waals surface area contributed by atoms with Gasteiger partial charge in [0, 0.05) is 66.2 Å². The van der Waals surface area contributed by atoms with Crippen LogP contribution in [-0.4, -0.2) is 115 Å². The maximum atomic E-state index is 12.8. The fourth-order valence-electron chi connectivity index (χ4n) is 12.6. The number of carbonyl (C=O) groups is 3. The number of anilines is 13. The second-order valence-electron chi connectivity index (χ2n) is 30.3. The molecule has 13 rings (SSSR count).